The summed E-state index contributed by atoms with van der Waals surface area (Å²) in [5.74, 6) is -0.374. The average Bonchev–Trinajstić information content (AvgIpc) is 3.17. The minimum Gasteiger partial charge on any atom is -0.363 e. The highest BCUT2D eigenvalue weighted by atomic mass is 79.9. The average molecular weight is 493 g/mol. The Hall–Kier alpha value is -2.81. The number of alkyl halides is 3. The summed E-state index contributed by atoms with van der Waals surface area (Å²) in [7, 11) is 0. The fourth-order valence-corrected chi connectivity index (χ4v) is 3.97. The van der Waals surface area contributed by atoms with E-state index in [4.69, 9.17) is 0 Å². The van der Waals surface area contributed by atoms with Gasteiger partial charge >= 0.3 is 6.18 Å². The van der Waals surface area contributed by atoms with Crippen LogP contribution in [0.5, 0.6) is 0 Å². The number of hydrogen-bond acceptors (Lipinski definition) is 3. The Bertz CT molecular complexity index is 1050. The zero-order valence-corrected chi connectivity index (χ0v) is 18.0. The summed E-state index contributed by atoms with van der Waals surface area (Å²) in [6, 6.07) is 14.3. The monoisotopic (exact) mass is 492 g/mol. The molecular formula is C22H20BrF3N4O. The Morgan fingerprint density at radius 2 is 1.87 bits per heavy atom. The standard InChI is InChI=1S/C22H20BrF3N4O/c23-16-8-6-15(7-9-16)18-12-19(22(24,25)26)30-20(29-18)17(13-28-30)21(31)27-11-10-14-4-2-1-3-5-14/h1-9,13,18-19,29H,10-12H2,(H,27,31)/t18-,19-/m0/s1. The van der Waals surface area contributed by atoms with Gasteiger partial charge in [-0.2, -0.15) is 18.3 Å². The zero-order chi connectivity index (χ0) is 22.0. The number of halogens is 4. The lowest BCUT2D eigenvalue weighted by Crippen LogP contribution is -2.36. The molecule has 5 nitrogen and oxygen atoms in total. The van der Waals surface area contributed by atoms with Gasteiger partial charge in [0.15, 0.2) is 6.04 Å². The Kier molecular flexibility index (Phi) is 6.04. The Balaban J connectivity index is 1.56. The van der Waals surface area contributed by atoms with Crippen molar-refractivity contribution >= 4 is 27.7 Å². The van der Waals surface area contributed by atoms with Crippen molar-refractivity contribution in [3.63, 3.8) is 0 Å². The minimum atomic E-state index is -4.49. The molecule has 0 saturated heterocycles. The summed E-state index contributed by atoms with van der Waals surface area (Å²) < 4.78 is 43.0. The highest BCUT2D eigenvalue weighted by Gasteiger charge is 2.47. The highest BCUT2D eigenvalue weighted by molar-refractivity contribution is 9.10. The van der Waals surface area contributed by atoms with Crippen molar-refractivity contribution < 1.29 is 18.0 Å². The molecule has 2 aromatic carbocycles. The van der Waals surface area contributed by atoms with Crippen molar-refractivity contribution in [2.45, 2.75) is 31.1 Å². The van der Waals surface area contributed by atoms with Crippen LogP contribution in [0.4, 0.5) is 19.0 Å². The van der Waals surface area contributed by atoms with E-state index in [2.05, 4.69) is 31.7 Å². The molecule has 0 saturated carbocycles. The van der Waals surface area contributed by atoms with Gasteiger partial charge in [0, 0.05) is 17.4 Å². The Labute approximate surface area is 185 Å². The van der Waals surface area contributed by atoms with E-state index < -0.39 is 24.2 Å². The molecule has 3 aromatic rings. The van der Waals surface area contributed by atoms with Gasteiger partial charge in [-0.25, -0.2) is 4.68 Å². The van der Waals surface area contributed by atoms with Crippen LogP contribution in [-0.2, 0) is 6.42 Å². The van der Waals surface area contributed by atoms with Crippen molar-refractivity contribution in [1.82, 2.24) is 15.1 Å². The third kappa shape index (κ3) is 4.76. The number of carbonyl (C=O) groups is 1. The first-order valence-corrected chi connectivity index (χ1v) is 10.6. The molecule has 0 fully saturated rings. The Morgan fingerprint density at radius 3 is 2.55 bits per heavy atom. The molecule has 0 spiro atoms. The maximum atomic E-state index is 13.8. The van der Waals surface area contributed by atoms with Crippen molar-refractivity contribution in [3.8, 4) is 0 Å². The van der Waals surface area contributed by atoms with Crippen LogP contribution in [0.15, 0.2) is 65.3 Å². The zero-order valence-electron chi connectivity index (χ0n) is 16.4. The summed E-state index contributed by atoms with van der Waals surface area (Å²) in [4.78, 5) is 12.7. The van der Waals surface area contributed by atoms with E-state index in [1.165, 1.54) is 6.20 Å². The van der Waals surface area contributed by atoms with Crippen molar-refractivity contribution in [1.29, 1.82) is 0 Å². The quantitative estimate of drug-likeness (QED) is 0.509. The fourth-order valence-electron chi connectivity index (χ4n) is 3.70. The van der Waals surface area contributed by atoms with Crippen LogP contribution in [0.25, 0.3) is 0 Å². The smallest absolute Gasteiger partial charge is 0.363 e. The molecule has 1 aromatic heterocycles. The van der Waals surface area contributed by atoms with Gasteiger partial charge in [0.05, 0.1) is 12.2 Å². The molecule has 2 atom stereocenters. The van der Waals surface area contributed by atoms with E-state index in [0.29, 0.717) is 18.5 Å². The first-order valence-electron chi connectivity index (χ1n) is 9.81. The van der Waals surface area contributed by atoms with Gasteiger partial charge in [-0.1, -0.05) is 58.4 Å². The number of aromatic nitrogens is 2. The second-order valence-electron chi connectivity index (χ2n) is 7.38. The number of rotatable bonds is 5. The minimum absolute atomic E-state index is 0.0821. The van der Waals surface area contributed by atoms with Crippen LogP contribution in [0.2, 0.25) is 0 Å². The predicted molar refractivity (Wildman–Crippen MR) is 115 cm³/mol. The molecule has 0 unspecified atom stereocenters. The molecule has 31 heavy (non-hydrogen) atoms. The molecule has 2 N–H and O–H groups in total. The number of amides is 1. The number of anilines is 1. The van der Waals surface area contributed by atoms with E-state index in [9.17, 15) is 18.0 Å². The maximum absolute atomic E-state index is 13.8. The lowest BCUT2D eigenvalue weighted by atomic mass is 9.96. The van der Waals surface area contributed by atoms with Crippen LogP contribution in [-0.4, -0.2) is 28.4 Å². The largest absolute Gasteiger partial charge is 0.410 e. The van der Waals surface area contributed by atoms with Crippen molar-refractivity contribution in [2.24, 2.45) is 0 Å². The third-order valence-electron chi connectivity index (χ3n) is 5.30. The van der Waals surface area contributed by atoms with Gasteiger partial charge in [-0.05, 0) is 29.7 Å². The number of carbonyl (C=O) groups excluding carboxylic acids is 1. The topological polar surface area (TPSA) is 59.0 Å². The van der Waals surface area contributed by atoms with E-state index in [0.717, 1.165) is 14.7 Å². The third-order valence-corrected chi connectivity index (χ3v) is 5.83. The molecular weight excluding hydrogens is 473 g/mol. The van der Waals surface area contributed by atoms with Gasteiger partial charge in [-0.3, -0.25) is 4.79 Å². The molecule has 2 heterocycles. The predicted octanol–water partition coefficient (Wildman–Crippen LogP) is 5.28. The van der Waals surface area contributed by atoms with Gasteiger partial charge in [-0.15, -0.1) is 0 Å². The van der Waals surface area contributed by atoms with Crippen LogP contribution >= 0.6 is 15.9 Å². The Morgan fingerprint density at radius 1 is 1.16 bits per heavy atom. The number of hydrogen-bond donors (Lipinski definition) is 2. The summed E-state index contributed by atoms with van der Waals surface area (Å²) >= 11 is 3.34. The molecule has 162 valence electrons. The first kappa shape index (κ1) is 21.4. The normalized spacial score (nSPS) is 18.2. The van der Waals surface area contributed by atoms with Gasteiger partial charge in [0.2, 0.25) is 0 Å². The van der Waals surface area contributed by atoms with Crippen LogP contribution in [0.1, 0.15) is 40.0 Å². The maximum Gasteiger partial charge on any atom is 0.410 e. The van der Waals surface area contributed by atoms with E-state index in [-0.39, 0.29) is 17.8 Å². The van der Waals surface area contributed by atoms with Crippen molar-refractivity contribution in [2.75, 3.05) is 11.9 Å². The molecule has 4 rings (SSSR count). The summed E-state index contributed by atoms with van der Waals surface area (Å²) in [5.41, 5.74) is 1.87. The molecule has 0 bridgehead atoms. The second kappa shape index (κ2) is 8.74. The number of nitrogens with zero attached hydrogens (tertiary/aromatic N) is 2. The number of nitrogens with one attached hydrogen (secondary N) is 2. The second-order valence-corrected chi connectivity index (χ2v) is 8.30. The van der Waals surface area contributed by atoms with E-state index >= 15 is 0 Å². The van der Waals surface area contributed by atoms with Crippen molar-refractivity contribution in [3.05, 3.63) is 82.0 Å². The highest BCUT2D eigenvalue weighted by Crippen LogP contribution is 2.44. The van der Waals surface area contributed by atoms with Gasteiger partial charge < -0.3 is 10.6 Å². The van der Waals surface area contributed by atoms with Crippen LogP contribution < -0.4 is 10.6 Å². The summed E-state index contributed by atoms with van der Waals surface area (Å²) in [5, 5.41) is 9.78. The SMILES string of the molecule is O=C(NCCc1ccccc1)c1cnn2c1N[C@H](c1ccc(Br)cc1)C[C@H]2C(F)(F)F. The molecule has 9 heteroatoms. The molecule has 0 radical (unpaired) electrons. The van der Waals surface area contributed by atoms with E-state index in [1.807, 2.05) is 30.3 Å². The van der Waals surface area contributed by atoms with E-state index in [1.54, 1.807) is 24.3 Å². The lowest BCUT2D eigenvalue weighted by molar-refractivity contribution is -0.173. The summed E-state index contributed by atoms with van der Waals surface area (Å²) in [6.45, 7) is 0.367. The van der Waals surface area contributed by atoms with Crippen LogP contribution in [0.3, 0.4) is 0 Å². The number of benzene rings is 2. The molecule has 1 aliphatic rings. The van der Waals surface area contributed by atoms with Gasteiger partial charge in [0.25, 0.3) is 5.91 Å². The molecule has 0 aliphatic carbocycles. The number of fused-ring (bicyclic) bond motifs is 1. The van der Waals surface area contributed by atoms with Crippen LogP contribution in [0, 0.1) is 0 Å². The fraction of sp³-hybridized carbons (Fsp3) is 0.273. The van der Waals surface area contributed by atoms with Gasteiger partial charge in [0.1, 0.15) is 11.4 Å². The first-order chi connectivity index (χ1) is 14.8. The molecule has 1 aliphatic heterocycles. The summed E-state index contributed by atoms with van der Waals surface area (Å²) in [6.07, 6.45) is -2.88. The molecule has 1 amide bonds. The lowest BCUT2D eigenvalue weighted by Gasteiger charge is -2.34.